The minimum absolute atomic E-state index is 0.161. The summed E-state index contributed by atoms with van der Waals surface area (Å²) in [4.78, 5) is 11.6. The largest absolute Gasteiger partial charge is 0.461 e. The molecule has 2 saturated carbocycles. The van der Waals surface area contributed by atoms with E-state index in [4.69, 9.17) is 10.5 Å². The van der Waals surface area contributed by atoms with Gasteiger partial charge in [-0.1, -0.05) is 0 Å². The summed E-state index contributed by atoms with van der Waals surface area (Å²) in [7, 11) is 0. The molecular weight excluding hydrogens is 166 g/mol. The monoisotopic (exact) mass is 183 g/mol. The summed E-state index contributed by atoms with van der Waals surface area (Å²) in [6, 6.07) is 0. The van der Waals surface area contributed by atoms with Crippen LogP contribution in [-0.2, 0) is 9.53 Å². The van der Waals surface area contributed by atoms with Gasteiger partial charge in [-0.3, -0.25) is 4.79 Å². The SMILES string of the molecule is NC1(C(=O)OC2CCCC2)CCC1. The van der Waals surface area contributed by atoms with E-state index < -0.39 is 5.54 Å². The highest BCUT2D eigenvalue weighted by atomic mass is 16.5. The zero-order valence-corrected chi connectivity index (χ0v) is 7.92. The number of ether oxygens (including phenoxy) is 1. The molecular formula is C10H17NO2. The van der Waals surface area contributed by atoms with Crippen LogP contribution >= 0.6 is 0 Å². The lowest BCUT2D eigenvalue weighted by Crippen LogP contribution is -2.55. The van der Waals surface area contributed by atoms with E-state index in [1.165, 1.54) is 12.8 Å². The average Bonchev–Trinajstić information content (AvgIpc) is 2.52. The second kappa shape index (κ2) is 3.29. The van der Waals surface area contributed by atoms with Crippen LogP contribution in [0.1, 0.15) is 44.9 Å². The van der Waals surface area contributed by atoms with E-state index in [-0.39, 0.29) is 12.1 Å². The third-order valence-electron chi connectivity index (χ3n) is 3.23. The van der Waals surface area contributed by atoms with Crippen molar-refractivity contribution < 1.29 is 9.53 Å². The molecule has 0 unspecified atom stereocenters. The van der Waals surface area contributed by atoms with Gasteiger partial charge in [0.15, 0.2) is 0 Å². The summed E-state index contributed by atoms with van der Waals surface area (Å²) in [5.74, 6) is -0.161. The lowest BCUT2D eigenvalue weighted by Gasteiger charge is -2.35. The third kappa shape index (κ3) is 1.70. The predicted molar refractivity (Wildman–Crippen MR) is 49.1 cm³/mol. The Bertz CT molecular complexity index is 205. The minimum Gasteiger partial charge on any atom is -0.461 e. The quantitative estimate of drug-likeness (QED) is 0.657. The Morgan fingerprint density at radius 3 is 2.31 bits per heavy atom. The maximum atomic E-state index is 11.6. The van der Waals surface area contributed by atoms with Gasteiger partial charge in [-0.2, -0.15) is 0 Å². The molecule has 2 rings (SSSR count). The first-order chi connectivity index (χ1) is 6.21. The van der Waals surface area contributed by atoms with Gasteiger partial charge < -0.3 is 10.5 Å². The van der Waals surface area contributed by atoms with Crippen LogP contribution in [0.15, 0.2) is 0 Å². The predicted octanol–water partition coefficient (Wildman–Crippen LogP) is 1.35. The minimum atomic E-state index is -0.622. The van der Waals surface area contributed by atoms with Gasteiger partial charge in [-0.25, -0.2) is 0 Å². The summed E-state index contributed by atoms with van der Waals surface area (Å²) in [5.41, 5.74) is 5.23. The van der Waals surface area contributed by atoms with E-state index in [1.807, 2.05) is 0 Å². The Balaban J connectivity index is 1.83. The summed E-state index contributed by atoms with van der Waals surface area (Å²) in [5, 5.41) is 0. The molecule has 3 nitrogen and oxygen atoms in total. The fraction of sp³-hybridized carbons (Fsp3) is 0.900. The standard InChI is InChI=1S/C10H17NO2/c11-10(6-3-7-10)9(12)13-8-4-1-2-5-8/h8H,1-7,11H2. The summed E-state index contributed by atoms with van der Waals surface area (Å²) < 4.78 is 5.35. The second-order valence-corrected chi connectivity index (χ2v) is 4.32. The number of hydrogen-bond donors (Lipinski definition) is 1. The summed E-state index contributed by atoms with van der Waals surface area (Å²) in [6.07, 6.45) is 7.27. The van der Waals surface area contributed by atoms with Gasteiger partial charge in [0, 0.05) is 0 Å². The molecule has 0 aromatic rings. The molecule has 0 aromatic carbocycles. The van der Waals surface area contributed by atoms with Crippen molar-refractivity contribution in [2.45, 2.75) is 56.6 Å². The second-order valence-electron chi connectivity index (χ2n) is 4.32. The number of rotatable bonds is 2. The molecule has 0 amide bonds. The number of nitrogens with two attached hydrogens (primary N) is 1. The number of carbonyl (C=O) groups excluding carboxylic acids is 1. The van der Waals surface area contributed by atoms with Crippen LogP contribution in [0.4, 0.5) is 0 Å². The van der Waals surface area contributed by atoms with Crippen LogP contribution in [-0.4, -0.2) is 17.6 Å². The number of esters is 1. The van der Waals surface area contributed by atoms with Crippen LogP contribution in [0.3, 0.4) is 0 Å². The van der Waals surface area contributed by atoms with Crippen molar-refractivity contribution in [1.29, 1.82) is 0 Å². The van der Waals surface area contributed by atoms with Crippen LogP contribution in [0.25, 0.3) is 0 Å². The molecule has 0 aromatic heterocycles. The molecule has 0 spiro atoms. The van der Waals surface area contributed by atoms with E-state index in [2.05, 4.69) is 0 Å². The van der Waals surface area contributed by atoms with Gasteiger partial charge in [0.25, 0.3) is 0 Å². The maximum absolute atomic E-state index is 11.6. The molecule has 13 heavy (non-hydrogen) atoms. The lowest BCUT2D eigenvalue weighted by molar-refractivity contribution is -0.158. The van der Waals surface area contributed by atoms with E-state index >= 15 is 0 Å². The van der Waals surface area contributed by atoms with Gasteiger partial charge >= 0.3 is 5.97 Å². The normalized spacial score (nSPS) is 26.8. The molecule has 0 radical (unpaired) electrons. The Labute approximate surface area is 78.6 Å². The first kappa shape index (κ1) is 9.00. The van der Waals surface area contributed by atoms with Crippen LogP contribution in [0.2, 0.25) is 0 Å². The highest BCUT2D eigenvalue weighted by Gasteiger charge is 2.42. The molecule has 2 fully saturated rings. The fourth-order valence-electron chi connectivity index (χ4n) is 2.04. The molecule has 2 aliphatic rings. The summed E-state index contributed by atoms with van der Waals surface area (Å²) >= 11 is 0. The van der Waals surface area contributed by atoms with Crippen molar-refractivity contribution in [3.63, 3.8) is 0 Å². The van der Waals surface area contributed by atoms with Crippen molar-refractivity contribution in [2.75, 3.05) is 0 Å². The Morgan fingerprint density at radius 2 is 1.85 bits per heavy atom. The van der Waals surface area contributed by atoms with Gasteiger partial charge in [-0.05, 0) is 44.9 Å². The third-order valence-corrected chi connectivity index (χ3v) is 3.23. The number of carbonyl (C=O) groups is 1. The van der Waals surface area contributed by atoms with Crippen molar-refractivity contribution in [2.24, 2.45) is 5.73 Å². The summed E-state index contributed by atoms with van der Waals surface area (Å²) in [6.45, 7) is 0. The van der Waals surface area contributed by atoms with Crippen LogP contribution < -0.4 is 5.73 Å². The molecule has 0 bridgehead atoms. The first-order valence-electron chi connectivity index (χ1n) is 5.21. The van der Waals surface area contributed by atoms with Crippen LogP contribution in [0, 0.1) is 0 Å². The van der Waals surface area contributed by atoms with E-state index in [9.17, 15) is 4.79 Å². The molecule has 74 valence electrons. The molecule has 0 atom stereocenters. The zero-order chi connectivity index (χ0) is 9.31. The Morgan fingerprint density at radius 1 is 1.23 bits per heavy atom. The van der Waals surface area contributed by atoms with Crippen molar-refractivity contribution in [1.82, 2.24) is 0 Å². The molecule has 0 saturated heterocycles. The fourth-order valence-corrected chi connectivity index (χ4v) is 2.04. The molecule has 0 aliphatic heterocycles. The van der Waals surface area contributed by atoms with E-state index in [1.54, 1.807) is 0 Å². The van der Waals surface area contributed by atoms with Crippen molar-refractivity contribution >= 4 is 5.97 Å². The van der Waals surface area contributed by atoms with Gasteiger partial charge in [0.05, 0.1) is 0 Å². The average molecular weight is 183 g/mol. The highest BCUT2D eigenvalue weighted by Crippen LogP contribution is 2.32. The first-order valence-corrected chi connectivity index (χ1v) is 5.21. The molecule has 0 heterocycles. The van der Waals surface area contributed by atoms with Gasteiger partial charge in [-0.15, -0.1) is 0 Å². The van der Waals surface area contributed by atoms with Gasteiger partial charge in [0.2, 0.25) is 0 Å². The van der Waals surface area contributed by atoms with Crippen molar-refractivity contribution in [3.05, 3.63) is 0 Å². The molecule has 2 aliphatic carbocycles. The topological polar surface area (TPSA) is 52.3 Å². The van der Waals surface area contributed by atoms with Gasteiger partial charge in [0.1, 0.15) is 11.6 Å². The Hall–Kier alpha value is -0.570. The zero-order valence-electron chi connectivity index (χ0n) is 7.92. The van der Waals surface area contributed by atoms with E-state index in [0.717, 1.165) is 32.1 Å². The van der Waals surface area contributed by atoms with Crippen LogP contribution in [0.5, 0.6) is 0 Å². The molecule has 2 N–H and O–H groups in total. The highest BCUT2D eigenvalue weighted by molar-refractivity contribution is 5.81. The van der Waals surface area contributed by atoms with E-state index in [0.29, 0.717) is 0 Å². The van der Waals surface area contributed by atoms with Crippen molar-refractivity contribution in [3.8, 4) is 0 Å². The number of hydrogen-bond acceptors (Lipinski definition) is 3. The maximum Gasteiger partial charge on any atom is 0.326 e. The lowest BCUT2D eigenvalue weighted by atomic mass is 9.78. The Kier molecular flexibility index (Phi) is 2.28. The molecule has 3 heteroatoms. The smallest absolute Gasteiger partial charge is 0.326 e.